The molecule has 1 aromatic carbocycles. The molecule has 3 rings (SSSR count). The maximum absolute atomic E-state index is 12.6. The molecule has 1 aliphatic rings. The summed E-state index contributed by atoms with van der Waals surface area (Å²) in [5, 5.41) is 7.74. The van der Waals surface area contributed by atoms with Gasteiger partial charge < -0.3 is 15.0 Å². The van der Waals surface area contributed by atoms with E-state index in [4.69, 9.17) is 4.74 Å². The Labute approximate surface area is 173 Å². The van der Waals surface area contributed by atoms with E-state index in [0.29, 0.717) is 0 Å². The SMILES string of the molecule is C[C@@H](NCc1ccc(Cn2cncn2)cc1)[C@@H]1CCCCN1C(=O)OC(C)(C)C. The lowest BCUT2D eigenvalue weighted by atomic mass is 9.96. The Balaban J connectivity index is 1.54. The summed E-state index contributed by atoms with van der Waals surface area (Å²) in [7, 11) is 0. The van der Waals surface area contributed by atoms with Crippen molar-refractivity contribution in [2.24, 2.45) is 0 Å². The quantitative estimate of drug-likeness (QED) is 0.804. The van der Waals surface area contributed by atoms with E-state index in [-0.39, 0.29) is 18.2 Å². The summed E-state index contributed by atoms with van der Waals surface area (Å²) in [6, 6.07) is 8.87. The number of hydrogen-bond donors (Lipinski definition) is 1. The van der Waals surface area contributed by atoms with Crippen molar-refractivity contribution in [1.29, 1.82) is 0 Å². The molecule has 1 amide bonds. The van der Waals surface area contributed by atoms with Crippen molar-refractivity contribution in [3.8, 4) is 0 Å². The van der Waals surface area contributed by atoms with Gasteiger partial charge in [0.1, 0.15) is 18.3 Å². The molecule has 0 saturated carbocycles. The molecule has 0 radical (unpaired) electrons. The minimum atomic E-state index is -0.469. The molecule has 1 aromatic heterocycles. The Morgan fingerprint density at radius 1 is 1.24 bits per heavy atom. The van der Waals surface area contributed by atoms with Crippen molar-refractivity contribution < 1.29 is 9.53 Å². The van der Waals surface area contributed by atoms with Crippen LogP contribution in [0.4, 0.5) is 4.79 Å². The number of amides is 1. The molecule has 2 atom stereocenters. The molecular weight excluding hydrogens is 366 g/mol. The zero-order valence-corrected chi connectivity index (χ0v) is 18.0. The Bertz CT molecular complexity index is 768. The number of nitrogens with zero attached hydrogens (tertiary/aromatic N) is 4. The Hall–Kier alpha value is -2.41. The fourth-order valence-corrected chi connectivity index (χ4v) is 3.70. The third-order valence-electron chi connectivity index (χ3n) is 5.22. The van der Waals surface area contributed by atoms with Gasteiger partial charge in [-0.15, -0.1) is 0 Å². The number of nitrogens with one attached hydrogen (secondary N) is 1. The van der Waals surface area contributed by atoms with E-state index >= 15 is 0 Å². The van der Waals surface area contributed by atoms with E-state index < -0.39 is 5.60 Å². The van der Waals surface area contributed by atoms with Gasteiger partial charge in [-0.3, -0.25) is 0 Å². The summed E-state index contributed by atoms with van der Waals surface area (Å²) in [6.45, 7) is 10.2. The summed E-state index contributed by atoms with van der Waals surface area (Å²) in [5.74, 6) is 0. The maximum atomic E-state index is 12.6. The highest BCUT2D eigenvalue weighted by Gasteiger charge is 2.33. The third kappa shape index (κ3) is 6.29. The molecule has 1 saturated heterocycles. The van der Waals surface area contributed by atoms with Gasteiger partial charge in [-0.05, 0) is 58.1 Å². The molecule has 0 bridgehead atoms. The molecule has 0 spiro atoms. The normalized spacial score (nSPS) is 18.5. The predicted octanol–water partition coefficient (Wildman–Crippen LogP) is 3.59. The van der Waals surface area contributed by atoms with Crippen molar-refractivity contribution in [3.63, 3.8) is 0 Å². The van der Waals surface area contributed by atoms with E-state index in [1.54, 1.807) is 12.7 Å². The second-order valence-corrected chi connectivity index (χ2v) is 8.82. The van der Waals surface area contributed by atoms with Crippen LogP contribution in [0, 0.1) is 0 Å². The molecule has 1 fully saturated rings. The van der Waals surface area contributed by atoms with Crippen LogP contribution in [-0.2, 0) is 17.8 Å². The Morgan fingerprint density at radius 3 is 2.62 bits per heavy atom. The average molecular weight is 400 g/mol. The van der Waals surface area contributed by atoms with Crippen LogP contribution in [0.25, 0.3) is 0 Å². The molecule has 0 unspecified atom stereocenters. The summed E-state index contributed by atoms with van der Waals surface area (Å²) in [6.07, 6.45) is 6.25. The van der Waals surface area contributed by atoms with Gasteiger partial charge in [0, 0.05) is 19.1 Å². The van der Waals surface area contributed by atoms with Gasteiger partial charge in [-0.2, -0.15) is 5.10 Å². The van der Waals surface area contributed by atoms with Crippen molar-refractivity contribution in [2.45, 2.75) is 77.7 Å². The van der Waals surface area contributed by atoms with E-state index in [0.717, 1.165) is 38.9 Å². The zero-order chi connectivity index (χ0) is 20.9. The molecule has 1 N–H and O–H groups in total. The first-order chi connectivity index (χ1) is 13.8. The number of rotatable bonds is 6. The fraction of sp³-hybridized carbons (Fsp3) is 0.591. The van der Waals surface area contributed by atoms with E-state index in [1.165, 1.54) is 11.1 Å². The van der Waals surface area contributed by atoms with Crippen LogP contribution in [0.2, 0.25) is 0 Å². The van der Waals surface area contributed by atoms with Crippen molar-refractivity contribution in [1.82, 2.24) is 25.0 Å². The van der Waals surface area contributed by atoms with Crippen LogP contribution >= 0.6 is 0 Å². The van der Waals surface area contributed by atoms with Gasteiger partial charge in [0.25, 0.3) is 0 Å². The monoisotopic (exact) mass is 399 g/mol. The highest BCUT2D eigenvalue weighted by Crippen LogP contribution is 2.23. The first kappa shape index (κ1) is 21.3. The molecule has 7 heteroatoms. The second-order valence-electron chi connectivity index (χ2n) is 8.82. The van der Waals surface area contributed by atoms with Crippen molar-refractivity contribution in [3.05, 3.63) is 48.0 Å². The highest BCUT2D eigenvalue weighted by molar-refractivity contribution is 5.68. The van der Waals surface area contributed by atoms with Gasteiger partial charge in [0.2, 0.25) is 0 Å². The summed E-state index contributed by atoms with van der Waals surface area (Å²) < 4.78 is 7.43. The number of carbonyl (C=O) groups is 1. The third-order valence-corrected chi connectivity index (χ3v) is 5.22. The number of ether oxygens (including phenoxy) is 1. The molecule has 29 heavy (non-hydrogen) atoms. The van der Waals surface area contributed by atoms with Crippen LogP contribution in [-0.4, -0.2) is 50.0 Å². The smallest absolute Gasteiger partial charge is 0.410 e. The molecule has 2 heterocycles. The van der Waals surface area contributed by atoms with E-state index in [1.807, 2.05) is 30.4 Å². The lowest BCUT2D eigenvalue weighted by molar-refractivity contribution is 0.00553. The minimum Gasteiger partial charge on any atom is -0.444 e. The highest BCUT2D eigenvalue weighted by atomic mass is 16.6. The maximum Gasteiger partial charge on any atom is 0.410 e. The fourth-order valence-electron chi connectivity index (χ4n) is 3.70. The van der Waals surface area contributed by atoms with E-state index in [9.17, 15) is 4.79 Å². The standard InChI is InChI=1S/C22H33N5O2/c1-17(20-7-5-6-12-27(20)21(28)29-22(2,3)4)24-13-18-8-10-19(11-9-18)14-26-16-23-15-25-26/h8-11,15-17,20,24H,5-7,12-14H2,1-4H3/t17-,20+/m1/s1. The number of piperidine rings is 1. The van der Waals surface area contributed by atoms with Crippen molar-refractivity contribution >= 4 is 6.09 Å². The molecule has 2 aromatic rings. The molecule has 1 aliphatic heterocycles. The van der Waals surface area contributed by atoms with Crippen LogP contribution in [0.15, 0.2) is 36.9 Å². The summed E-state index contributed by atoms with van der Waals surface area (Å²) in [4.78, 5) is 18.5. The Kier molecular flexibility index (Phi) is 6.90. The molecule has 7 nitrogen and oxygen atoms in total. The van der Waals surface area contributed by atoms with Crippen LogP contribution in [0.3, 0.4) is 0 Å². The lowest BCUT2D eigenvalue weighted by Gasteiger charge is -2.40. The summed E-state index contributed by atoms with van der Waals surface area (Å²) >= 11 is 0. The number of hydrogen-bond acceptors (Lipinski definition) is 5. The number of carbonyl (C=O) groups excluding carboxylic acids is 1. The largest absolute Gasteiger partial charge is 0.444 e. The zero-order valence-electron chi connectivity index (χ0n) is 18.0. The number of aromatic nitrogens is 3. The van der Waals surface area contributed by atoms with Gasteiger partial charge in [-0.25, -0.2) is 14.5 Å². The van der Waals surface area contributed by atoms with Gasteiger partial charge >= 0.3 is 6.09 Å². The van der Waals surface area contributed by atoms with Crippen LogP contribution in [0.1, 0.15) is 58.1 Å². The molecule has 158 valence electrons. The molecule has 0 aliphatic carbocycles. The van der Waals surface area contributed by atoms with Crippen LogP contribution in [0.5, 0.6) is 0 Å². The number of likely N-dealkylation sites (tertiary alicyclic amines) is 1. The van der Waals surface area contributed by atoms with Gasteiger partial charge in [0.15, 0.2) is 0 Å². The minimum absolute atomic E-state index is 0.158. The lowest BCUT2D eigenvalue weighted by Crippen LogP contribution is -2.54. The first-order valence-electron chi connectivity index (χ1n) is 10.4. The van der Waals surface area contributed by atoms with E-state index in [2.05, 4.69) is 46.6 Å². The van der Waals surface area contributed by atoms with Crippen molar-refractivity contribution in [2.75, 3.05) is 6.54 Å². The first-order valence-corrected chi connectivity index (χ1v) is 10.4. The van der Waals surface area contributed by atoms with Gasteiger partial charge in [-0.1, -0.05) is 24.3 Å². The number of benzene rings is 1. The summed E-state index contributed by atoms with van der Waals surface area (Å²) in [5.41, 5.74) is 1.94. The topological polar surface area (TPSA) is 72.3 Å². The molecular formula is C22H33N5O2. The van der Waals surface area contributed by atoms with Gasteiger partial charge in [0.05, 0.1) is 12.6 Å². The average Bonchev–Trinajstić information content (AvgIpc) is 3.19. The predicted molar refractivity (Wildman–Crippen MR) is 112 cm³/mol. The van der Waals surface area contributed by atoms with Crippen LogP contribution < -0.4 is 5.32 Å². The Morgan fingerprint density at radius 2 is 1.97 bits per heavy atom. The second kappa shape index (κ2) is 9.39.